The highest BCUT2D eigenvalue weighted by atomic mass is 16.6. The van der Waals surface area contributed by atoms with Crippen molar-refractivity contribution >= 4 is 11.8 Å². The van der Waals surface area contributed by atoms with Crippen LogP contribution in [0.4, 0.5) is 5.69 Å². The van der Waals surface area contributed by atoms with Crippen LogP contribution < -0.4 is 5.32 Å². The van der Waals surface area contributed by atoms with E-state index >= 15 is 0 Å². The van der Waals surface area contributed by atoms with Gasteiger partial charge in [0.2, 0.25) is 0 Å². The number of benzene rings is 1. The van der Waals surface area contributed by atoms with Crippen LogP contribution in [-0.2, 0) is 0 Å². The van der Waals surface area contributed by atoms with Crippen LogP contribution in [0.15, 0.2) is 23.8 Å². The van der Waals surface area contributed by atoms with Gasteiger partial charge >= 0.3 is 0 Å². The molecule has 4 nitrogen and oxygen atoms in total. The van der Waals surface area contributed by atoms with Gasteiger partial charge in [0, 0.05) is 18.2 Å². The molecule has 0 aromatic heterocycles. The second-order valence-corrected chi connectivity index (χ2v) is 5.40. The summed E-state index contributed by atoms with van der Waals surface area (Å²) in [5, 5.41) is 14.5. The zero-order chi connectivity index (χ0) is 15.1. The standard InChI is InChI=1S/C16H24N2O2/c1-5-8-17-11-13(4)9-14-6-7-15(12(2)3)16(10-14)18(19)20/h6-7,9-10,12,17H,5,8,11H2,1-4H3. The number of nitro benzene ring substituents is 1. The first kappa shape index (κ1) is 16.4. The lowest BCUT2D eigenvalue weighted by molar-refractivity contribution is -0.385. The Morgan fingerprint density at radius 2 is 2.15 bits per heavy atom. The van der Waals surface area contributed by atoms with E-state index in [1.165, 1.54) is 5.57 Å². The molecule has 1 aromatic carbocycles. The largest absolute Gasteiger partial charge is 0.313 e. The van der Waals surface area contributed by atoms with Gasteiger partial charge in [-0.15, -0.1) is 0 Å². The molecule has 0 aliphatic heterocycles. The number of rotatable bonds is 7. The summed E-state index contributed by atoms with van der Waals surface area (Å²) in [6.45, 7) is 9.89. The molecule has 20 heavy (non-hydrogen) atoms. The van der Waals surface area contributed by atoms with Crippen LogP contribution >= 0.6 is 0 Å². The fourth-order valence-electron chi connectivity index (χ4n) is 2.09. The maximum atomic E-state index is 11.1. The number of hydrogen-bond donors (Lipinski definition) is 1. The molecule has 0 amide bonds. The van der Waals surface area contributed by atoms with Crippen LogP contribution in [0.3, 0.4) is 0 Å². The van der Waals surface area contributed by atoms with Crippen LogP contribution in [-0.4, -0.2) is 18.0 Å². The maximum Gasteiger partial charge on any atom is 0.273 e. The Morgan fingerprint density at radius 3 is 2.70 bits per heavy atom. The third-order valence-electron chi connectivity index (χ3n) is 3.12. The van der Waals surface area contributed by atoms with Gasteiger partial charge < -0.3 is 5.32 Å². The molecular formula is C16H24N2O2. The van der Waals surface area contributed by atoms with Gasteiger partial charge in [0.25, 0.3) is 5.69 Å². The van der Waals surface area contributed by atoms with Crippen LogP contribution in [0.25, 0.3) is 6.08 Å². The summed E-state index contributed by atoms with van der Waals surface area (Å²) < 4.78 is 0. The van der Waals surface area contributed by atoms with Gasteiger partial charge in [-0.25, -0.2) is 0 Å². The van der Waals surface area contributed by atoms with E-state index in [1.807, 2.05) is 39.0 Å². The maximum absolute atomic E-state index is 11.1. The van der Waals surface area contributed by atoms with Gasteiger partial charge in [0.15, 0.2) is 0 Å². The highest BCUT2D eigenvalue weighted by Gasteiger charge is 2.16. The van der Waals surface area contributed by atoms with E-state index < -0.39 is 0 Å². The predicted octanol–water partition coefficient (Wildman–Crippen LogP) is 4.12. The van der Waals surface area contributed by atoms with E-state index in [9.17, 15) is 10.1 Å². The molecule has 0 bridgehead atoms. The van der Waals surface area contributed by atoms with E-state index in [0.29, 0.717) is 0 Å². The minimum atomic E-state index is -0.294. The lowest BCUT2D eigenvalue weighted by Crippen LogP contribution is -2.16. The third-order valence-corrected chi connectivity index (χ3v) is 3.12. The average Bonchev–Trinajstić information content (AvgIpc) is 2.38. The molecule has 0 saturated carbocycles. The summed E-state index contributed by atoms with van der Waals surface area (Å²) in [5.41, 5.74) is 3.05. The molecule has 0 heterocycles. The molecule has 0 aliphatic rings. The van der Waals surface area contributed by atoms with Crippen molar-refractivity contribution in [1.82, 2.24) is 5.32 Å². The fraction of sp³-hybridized carbons (Fsp3) is 0.500. The molecule has 1 N–H and O–H groups in total. The molecule has 0 unspecified atom stereocenters. The lowest BCUT2D eigenvalue weighted by atomic mass is 9.98. The summed E-state index contributed by atoms with van der Waals surface area (Å²) in [7, 11) is 0. The van der Waals surface area contributed by atoms with E-state index in [1.54, 1.807) is 6.07 Å². The minimum Gasteiger partial charge on any atom is -0.313 e. The number of nitrogens with one attached hydrogen (secondary N) is 1. The second-order valence-electron chi connectivity index (χ2n) is 5.40. The van der Waals surface area contributed by atoms with Crippen LogP contribution in [0.2, 0.25) is 0 Å². The van der Waals surface area contributed by atoms with Gasteiger partial charge in [-0.05, 0) is 31.4 Å². The molecule has 4 heteroatoms. The van der Waals surface area contributed by atoms with E-state index in [0.717, 1.165) is 30.6 Å². The molecule has 0 fully saturated rings. The Bertz CT molecular complexity index is 493. The van der Waals surface area contributed by atoms with E-state index in [-0.39, 0.29) is 16.5 Å². The Labute approximate surface area is 121 Å². The number of nitro groups is 1. The predicted molar refractivity (Wildman–Crippen MR) is 84.0 cm³/mol. The number of nitrogens with zero attached hydrogens (tertiary/aromatic N) is 1. The van der Waals surface area contributed by atoms with Gasteiger partial charge in [-0.2, -0.15) is 0 Å². The van der Waals surface area contributed by atoms with Crippen molar-refractivity contribution in [1.29, 1.82) is 0 Å². The third kappa shape index (κ3) is 4.78. The van der Waals surface area contributed by atoms with Crippen LogP contribution in [0, 0.1) is 10.1 Å². The van der Waals surface area contributed by atoms with Gasteiger partial charge in [-0.3, -0.25) is 10.1 Å². The van der Waals surface area contributed by atoms with E-state index in [4.69, 9.17) is 0 Å². The van der Waals surface area contributed by atoms with Crippen molar-refractivity contribution in [2.24, 2.45) is 0 Å². The summed E-state index contributed by atoms with van der Waals surface area (Å²) in [4.78, 5) is 10.9. The van der Waals surface area contributed by atoms with Crippen molar-refractivity contribution in [2.45, 2.75) is 40.0 Å². The van der Waals surface area contributed by atoms with Crippen molar-refractivity contribution in [2.75, 3.05) is 13.1 Å². The smallest absolute Gasteiger partial charge is 0.273 e. The monoisotopic (exact) mass is 276 g/mol. The molecule has 0 saturated heterocycles. The first-order chi connectivity index (χ1) is 9.45. The molecule has 0 radical (unpaired) electrons. The molecule has 0 aliphatic carbocycles. The molecule has 1 rings (SSSR count). The summed E-state index contributed by atoms with van der Waals surface area (Å²) in [5.74, 6) is 0.153. The lowest BCUT2D eigenvalue weighted by Gasteiger charge is -2.08. The fourth-order valence-corrected chi connectivity index (χ4v) is 2.09. The van der Waals surface area contributed by atoms with Crippen LogP contribution in [0.1, 0.15) is 51.2 Å². The van der Waals surface area contributed by atoms with Crippen molar-refractivity contribution in [3.8, 4) is 0 Å². The Morgan fingerprint density at radius 1 is 1.45 bits per heavy atom. The Kier molecular flexibility index (Phi) is 6.39. The first-order valence-electron chi connectivity index (χ1n) is 7.12. The highest BCUT2D eigenvalue weighted by molar-refractivity contribution is 5.58. The molecular weight excluding hydrogens is 252 g/mol. The second kappa shape index (κ2) is 7.80. The van der Waals surface area contributed by atoms with Crippen LogP contribution in [0.5, 0.6) is 0 Å². The van der Waals surface area contributed by atoms with Gasteiger partial charge in [0.05, 0.1) is 4.92 Å². The highest BCUT2D eigenvalue weighted by Crippen LogP contribution is 2.27. The molecule has 1 aromatic rings. The average molecular weight is 276 g/mol. The zero-order valence-corrected chi connectivity index (χ0v) is 12.8. The molecule has 0 atom stereocenters. The summed E-state index contributed by atoms with van der Waals surface area (Å²) in [6, 6.07) is 5.48. The van der Waals surface area contributed by atoms with Crippen molar-refractivity contribution < 1.29 is 4.92 Å². The molecule has 110 valence electrons. The molecule has 0 spiro atoms. The van der Waals surface area contributed by atoms with Crippen molar-refractivity contribution in [3.63, 3.8) is 0 Å². The number of hydrogen-bond acceptors (Lipinski definition) is 3. The summed E-state index contributed by atoms with van der Waals surface area (Å²) in [6.07, 6.45) is 3.10. The Hall–Kier alpha value is -1.68. The minimum absolute atomic E-state index is 0.153. The quantitative estimate of drug-likeness (QED) is 0.463. The SMILES string of the molecule is CCCNCC(C)=Cc1ccc(C(C)C)c([N+](=O)[O-])c1. The zero-order valence-electron chi connectivity index (χ0n) is 12.8. The topological polar surface area (TPSA) is 55.2 Å². The van der Waals surface area contributed by atoms with Crippen molar-refractivity contribution in [3.05, 3.63) is 45.0 Å². The summed E-state index contributed by atoms with van der Waals surface area (Å²) >= 11 is 0. The Balaban J connectivity index is 2.94. The van der Waals surface area contributed by atoms with E-state index in [2.05, 4.69) is 12.2 Å². The van der Waals surface area contributed by atoms with Gasteiger partial charge in [-0.1, -0.05) is 44.6 Å². The first-order valence-corrected chi connectivity index (χ1v) is 7.12. The van der Waals surface area contributed by atoms with Gasteiger partial charge in [0.1, 0.15) is 0 Å². The normalized spacial score (nSPS) is 11.9.